The van der Waals surface area contributed by atoms with E-state index in [0.29, 0.717) is 29.2 Å². The molecule has 0 heterocycles. The Bertz CT molecular complexity index is 605. The van der Waals surface area contributed by atoms with E-state index in [2.05, 4.69) is 0 Å². The predicted octanol–water partition coefficient (Wildman–Crippen LogP) is 3.21. The summed E-state index contributed by atoms with van der Waals surface area (Å²) >= 11 is 0. The lowest BCUT2D eigenvalue weighted by atomic mass is 9.97. The molecule has 3 heteroatoms. The molecule has 98 valence electrons. The van der Waals surface area contributed by atoms with Crippen LogP contribution < -0.4 is 10.5 Å². The third kappa shape index (κ3) is 2.60. The largest absolute Gasteiger partial charge is 0.493 e. The first-order chi connectivity index (χ1) is 9.15. The number of benzene rings is 2. The molecule has 2 rings (SSSR count). The zero-order chi connectivity index (χ0) is 13.8. The van der Waals surface area contributed by atoms with Gasteiger partial charge >= 0.3 is 0 Å². The molecular weight excluding hydrogens is 238 g/mol. The fraction of sp³-hybridized carbons (Fsp3) is 0.188. The molecule has 0 aliphatic heterocycles. The first-order valence-corrected chi connectivity index (χ1v) is 6.26. The minimum absolute atomic E-state index is 0.0612. The van der Waals surface area contributed by atoms with E-state index < -0.39 is 0 Å². The SMILES string of the molecule is CCOc1ccccc1C(=O)c1cccc(N)c1C. The fourth-order valence-corrected chi connectivity index (χ4v) is 1.98. The summed E-state index contributed by atoms with van der Waals surface area (Å²) in [6, 6.07) is 12.6. The topological polar surface area (TPSA) is 52.3 Å². The van der Waals surface area contributed by atoms with E-state index >= 15 is 0 Å². The van der Waals surface area contributed by atoms with Gasteiger partial charge in [-0.15, -0.1) is 0 Å². The van der Waals surface area contributed by atoms with E-state index in [1.807, 2.05) is 26.0 Å². The van der Waals surface area contributed by atoms with Gasteiger partial charge in [0.05, 0.1) is 12.2 Å². The van der Waals surface area contributed by atoms with E-state index in [-0.39, 0.29) is 5.78 Å². The number of nitrogen functional groups attached to an aromatic ring is 1. The summed E-state index contributed by atoms with van der Waals surface area (Å²) < 4.78 is 5.50. The van der Waals surface area contributed by atoms with Gasteiger partial charge in [0, 0.05) is 11.3 Å². The lowest BCUT2D eigenvalue weighted by Gasteiger charge is -2.11. The van der Waals surface area contributed by atoms with Gasteiger partial charge in [-0.3, -0.25) is 4.79 Å². The summed E-state index contributed by atoms with van der Waals surface area (Å²) in [5, 5.41) is 0. The lowest BCUT2D eigenvalue weighted by Crippen LogP contribution is -2.08. The Morgan fingerprint density at radius 3 is 2.53 bits per heavy atom. The van der Waals surface area contributed by atoms with Crippen molar-refractivity contribution in [3.8, 4) is 5.75 Å². The summed E-state index contributed by atoms with van der Waals surface area (Å²) in [4.78, 5) is 12.6. The van der Waals surface area contributed by atoms with Crippen molar-refractivity contribution in [3.05, 3.63) is 59.2 Å². The quantitative estimate of drug-likeness (QED) is 0.674. The Balaban J connectivity index is 2.47. The molecule has 0 unspecified atom stereocenters. The molecule has 3 nitrogen and oxygen atoms in total. The van der Waals surface area contributed by atoms with Gasteiger partial charge in [0.15, 0.2) is 5.78 Å². The van der Waals surface area contributed by atoms with Gasteiger partial charge in [-0.25, -0.2) is 0 Å². The summed E-state index contributed by atoms with van der Waals surface area (Å²) in [5.41, 5.74) is 8.46. The number of carbonyl (C=O) groups is 1. The maximum Gasteiger partial charge on any atom is 0.197 e. The van der Waals surface area contributed by atoms with E-state index in [1.165, 1.54) is 0 Å². The highest BCUT2D eigenvalue weighted by molar-refractivity contribution is 6.12. The number of hydrogen-bond donors (Lipinski definition) is 1. The molecule has 0 spiro atoms. The summed E-state index contributed by atoms with van der Waals surface area (Å²) in [5.74, 6) is 0.547. The molecule has 0 amide bonds. The van der Waals surface area contributed by atoms with Gasteiger partial charge in [0.1, 0.15) is 5.75 Å². The van der Waals surface area contributed by atoms with Crippen LogP contribution in [0.25, 0.3) is 0 Å². The number of para-hydroxylation sites is 1. The van der Waals surface area contributed by atoms with Crippen LogP contribution in [-0.4, -0.2) is 12.4 Å². The lowest BCUT2D eigenvalue weighted by molar-refractivity contribution is 0.103. The number of anilines is 1. The maximum absolute atomic E-state index is 12.6. The van der Waals surface area contributed by atoms with Gasteiger partial charge in [0.2, 0.25) is 0 Å². The number of rotatable bonds is 4. The second kappa shape index (κ2) is 5.57. The fourth-order valence-electron chi connectivity index (χ4n) is 1.98. The average molecular weight is 255 g/mol. The smallest absolute Gasteiger partial charge is 0.197 e. The standard InChI is InChI=1S/C16H17NO2/c1-3-19-15-10-5-4-7-13(15)16(18)12-8-6-9-14(17)11(12)2/h4-10H,3,17H2,1-2H3. The Morgan fingerprint density at radius 2 is 1.79 bits per heavy atom. The van der Waals surface area contributed by atoms with E-state index in [0.717, 1.165) is 5.56 Å². The third-order valence-electron chi connectivity index (χ3n) is 3.05. The predicted molar refractivity (Wildman–Crippen MR) is 76.6 cm³/mol. The highest BCUT2D eigenvalue weighted by Gasteiger charge is 2.16. The van der Waals surface area contributed by atoms with Crippen molar-refractivity contribution in [2.75, 3.05) is 12.3 Å². The van der Waals surface area contributed by atoms with Crippen LogP contribution in [-0.2, 0) is 0 Å². The summed E-state index contributed by atoms with van der Waals surface area (Å²) in [6.07, 6.45) is 0. The second-order valence-corrected chi connectivity index (χ2v) is 4.28. The van der Waals surface area contributed by atoms with Crippen LogP contribution in [0, 0.1) is 6.92 Å². The van der Waals surface area contributed by atoms with E-state index in [1.54, 1.807) is 30.3 Å². The van der Waals surface area contributed by atoms with Crippen molar-refractivity contribution in [2.24, 2.45) is 0 Å². The van der Waals surface area contributed by atoms with Gasteiger partial charge in [-0.2, -0.15) is 0 Å². The summed E-state index contributed by atoms with van der Waals surface area (Å²) in [6.45, 7) is 4.28. The first kappa shape index (κ1) is 13.1. The van der Waals surface area contributed by atoms with E-state index in [4.69, 9.17) is 10.5 Å². The monoisotopic (exact) mass is 255 g/mol. The van der Waals surface area contributed by atoms with Crippen molar-refractivity contribution in [1.82, 2.24) is 0 Å². The third-order valence-corrected chi connectivity index (χ3v) is 3.05. The summed E-state index contributed by atoms with van der Waals surface area (Å²) in [7, 11) is 0. The molecule has 0 radical (unpaired) electrons. The zero-order valence-electron chi connectivity index (χ0n) is 11.1. The van der Waals surface area contributed by atoms with Crippen LogP contribution in [0.2, 0.25) is 0 Å². The van der Waals surface area contributed by atoms with Crippen LogP contribution in [0.3, 0.4) is 0 Å². The molecule has 0 aliphatic carbocycles. The highest BCUT2D eigenvalue weighted by atomic mass is 16.5. The Hall–Kier alpha value is -2.29. The van der Waals surface area contributed by atoms with Crippen LogP contribution in [0.5, 0.6) is 5.75 Å². The van der Waals surface area contributed by atoms with Crippen LogP contribution in [0.4, 0.5) is 5.69 Å². The van der Waals surface area contributed by atoms with Crippen molar-refractivity contribution in [3.63, 3.8) is 0 Å². The molecule has 0 aromatic heterocycles. The number of hydrogen-bond acceptors (Lipinski definition) is 3. The van der Waals surface area contributed by atoms with Crippen LogP contribution in [0.15, 0.2) is 42.5 Å². The van der Waals surface area contributed by atoms with Gasteiger partial charge in [-0.05, 0) is 37.6 Å². The first-order valence-electron chi connectivity index (χ1n) is 6.26. The van der Waals surface area contributed by atoms with Crippen LogP contribution in [0.1, 0.15) is 28.4 Å². The molecule has 2 N–H and O–H groups in total. The van der Waals surface area contributed by atoms with Gasteiger partial charge in [-0.1, -0.05) is 24.3 Å². The van der Waals surface area contributed by atoms with Crippen LogP contribution >= 0.6 is 0 Å². The normalized spacial score (nSPS) is 10.2. The number of ether oxygens (including phenoxy) is 1. The number of carbonyl (C=O) groups excluding carboxylic acids is 1. The number of nitrogens with two attached hydrogens (primary N) is 1. The highest BCUT2D eigenvalue weighted by Crippen LogP contribution is 2.24. The molecule has 0 fully saturated rings. The molecule has 0 saturated heterocycles. The molecule has 0 aliphatic rings. The van der Waals surface area contributed by atoms with Gasteiger partial charge < -0.3 is 10.5 Å². The average Bonchev–Trinajstić information content (AvgIpc) is 2.42. The molecular formula is C16H17NO2. The minimum Gasteiger partial charge on any atom is -0.493 e. The maximum atomic E-state index is 12.6. The minimum atomic E-state index is -0.0612. The van der Waals surface area contributed by atoms with Gasteiger partial charge in [0.25, 0.3) is 0 Å². The van der Waals surface area contributed by atoms with Crippen molar-refractivity contribution in [2.45, 2.75) is 13.8 Å². The number of ketones is 1. The van der Waals surface area contributed by atoms with Crippen molar-refractivity contribution in [1.29, 1.82) is 0 Å². The van der Waals surface area contributed by atoms with Crippen molar-refractivity contribution >= 4 is 11.5 Å². The van der Waals surface area contributed by atoms with Crippen molar-refractivity contribution < 1.29 is 9.53 Å². The van der Waals surface area contributed by atoms with E-state index in [9.17, 15) is 4.79 Å². The molecule has 2 aromatic carbocycles. The molecule has 2 aromatic rings. The Labute approximate surface area is 113 Å². The molecule has 0 bridgehead atoms. The molecule has 0 atom stereocenters. The second-order valence-electron chi connectivity index (χ2n) is 4.28. The Morgan fingerprint density at radius 1 is 1.11 bits per heavy atom. The zero-order valence-corrected chi connectivity index (χ0v) is 11.1. The molecule has 0 saturated carbocycles. The Kier molecular flexibility index (Phi) is 3.85. The molecule has 19 heavy (non-hydrogen) atoms.